The van der Waals surface area contributed by atoms with E-state index < -0.39 is 0 Å². The number of rotatable bonds is 7. The maximum atomic E-state index is 11.7. The Morgan fingerprint density at radius 1 is 1.33 bits per heavy atom. The minimum Gasteiger partial charge on any atom is -0.465 e. The molecule has 4 heteroatoms. The maximum absolute atomic E-state index is 11.7. The second kappa shape index (κ2) is 8.16. The Kier molecular flexibility index (Phi) is 6.83. The smallest absolute Gasteiger partial charge is 0.323 e. The van der Waals surface area contributed by atoms with Gasteiger partial charge in [0.05, 0.1) is 6.61 Å². The van der Waals surface area contributed by atoms with Crippen LogP contribution in [-0.4, -0.2) is 30.9 Å². The Morgan fingerprint density at radius 2 is 2.00 bits per heavy atom. The standard InChI is InChI=1S/C14H21NO2S/c1-4-15-13(14(16)17-5-2)10-18-12-8-6-11(3)7-9-12/h6-9,13,15H,4-5,10H2,1-3H3. The van der Waals surface area contributed by atoms with Crippen molar-refractivity contribution < 1.29 is 9.53 Å². The number of thioether (sulfide) groups is 1. The molecule has 0 heterocycles. The number of carbonyl (C=O) groups is 1. The van der Waals surface area contributed by atoms with Gasteiger partial charge in [-0.15, -0.1) is 11.8 Å². The summed E-state index contributed by atoms with van der Waals surface area (Å²) in [7, 11) is 0. The van der Waals surface area contributed by atoms with E-state index in [4.69, 9.17) is 4.74 Å². The zero-order chi connectivity index (χ0) is 13.4. The Labute approximate surface area is 113 Å². The number of hydrogen-bond acceptors (Lipinski definition) is 4. The molecule has 3 nitrogen and oxygen atoms in total. The lowest BCUT2D eigenvalue weighted by molar-refractivity contribution is -0.144. The van der Waals surface area contributed by atoms with Crippen molar-refractivity contribution >= 4 is 17.7 Å². The minimum absolute atomic E-state index is 0.168. The molecule has 0 saturated carbocycles. The number of benzene rings is 1. The number of likely N-dealkylation sites (N-methyl/N-ethyl adjacent to an activating group) is 1. The second-order valence-corrected chi connectivity index (χ2v) is 5.08. The number of nitrogens with one attached hydrogen (secondary N) is 1. The molecule has 0 amide bonds. The first-order valence-electron chi connectivity index (χ1n) is 6.26. The van der Waals surface area contributed by atoms with Crippen LogP contribution in [0.1, 0.15) is 19.4 Å². The highest BCUT2D eigenvalue weighted by molar-refractivity contribution is 7.99. The fraction of sp³-hybridized carbons (Fsp3) is 0.500. The first-order chi connectivity index (χ1) is 8.67. The van der Waals surface area contributed by atoms with Crippen molar-refractivity contribution in [3.8, 4) is 0 Å². The zero-order valence-corrected chi connectivity index (χ0v) is 12.0. The quantitative estimate of drug-likeness (QED) is 0.609. The Bertz CT molecular complexity index is 365. The molecular formula is C14H21NO2S. The van der Waals surface area contributed by atoms with Crippen molar-refractivity contribution in [2.75, 3.05) is 18.9 Å². The van der Waals surface area contributed by atoms with Gasteiger partial charge < -0.3 is 10.1 Å². The van der Waals surface area contributed by atoms with Gasteiger partial charge in [0.15, 0.2) is 0 Å². The highest BCUT2D eigenvalue weighted by Crippen LogP contribution is 2.19. The maximum Gasteiger partial charge on any atom is 0.323 e. The molecular weight excluding hydrogens is 246 g/mol. The lowest BCUT2D eigenvalue weighted by Gasteiger charge is -2.15. The average molecular weight is 267 g/mol. The fourth-order valence-electron chi connectivity index (χ4n) is 1.51. The SMILES string of the molecule is CCNC(CSc1ccc(C)cc1)C(=O)OCC. The topological polar surface area (TPSA) is 38.3 Å². The van der Waals surface area contributed by atoms with Crippen molar-refractivity contribution in [1.82, 2.24) is 5.32 Å². The molecule has 0 aromatic heterocycles. The van der Waals surface area contributed by atoms with Crippen LogP contribution < -0.4 is 5.32 Å². The first kappa shape index (κ1) is 15.1. The van der Waals surface area contributed by atoms with Gasteiger partial charge >= 0.3 is 5.97 Å². The normalized spacial score (nSPS) is 12.2. The van der Waals surface area contributed by atoms with Gasteiger partial charge in [0, 0.05) is 10.6 Å². The third-order valence-electron chi connectivity index (χ3n) is 2.46. The van der Waals surface area contributed by atoms with Crippen LogP contribution in [0, 0.1) is 6.92 Å². The predicted molar refractivity (Wildman–Crippen MR) is 76.0 cm³/mol. The van der Waals surface area contributed by atoms with E-state index in [1.54, 1.807) is 11.8 Å². The van der Waals surface area contributed by atoms with Gasteiger partial charge in [-0.05, 0) is 32.5 Å². The molecule has 1 rings (SSSR count). The molecule has 100 valence electrons. The molecule has 18 heavy (non-hydrogen) atoms. The monoisotopic (exact) mass is 267 g/mol. The van der Waals surface area contributed by atoms with E-state index in [1.165, 1.54) is 10.5 Å². The summed E-state index contributed by atoms with van der Waals surface area (Å²) in [5.74, 6) is 0.523. The van der Waals surface area contributed by atoms with Crippen LogP contribution >= 0.6 is 11.8 Å². The molecule has 1 atom stereocenters. The summed E-state index contributed by atoms with van der Waals surface area (Å²) in [6.45, 7) is 7.07. The predicted octanol–water partition coefficient (Wildman–Crippen LogP) is 2.63. The van der Waals surface area contributed by atoms with Gasteiger partial charge in [-0.3, -0.25) is 4.79 Å². The molecule has 1 unspecified atom stereocenters. The van der Waals surface area contributed by atoms with Crippen molar-refractivity contribution in [1.29, 1.82) is 0 Å². The van der Waals surface area contributed by atoms with Crippen LogP contribution in [0.15, 0.2) is 29.2 Å². The zero-order valence-electron chi connectivity index (χ0n) is 11.2. The molecule has 0 bridgehead atoms. The molecule has 0 aliphatic rings. The molecule has 0 aliphatic heterocycles. The van der Waals surface area contributed by atoms with Crippen molar-refractivity contribution in [3.05, 3.63) is 29.8 Å². The lowest BCUT2D eigenvalue weighted by atomic mass is 10.2. The van der Waals surface area contributed by atoms with Crippen LogP contribution in [0.5, 0.6) is 0 Å². The second-order valence-electron chi connectivity index (χ2n) is 3.99. The highest BCUT2D eigenvalue weighted by atomic mass is 32.2. The summed E-state index contributed by atoms with van der Waals surface area (Å²) in [6, 6.07) is 8.08. The van der Waals surface area contributed by atoms with Crippen LogP contribution in [0.3, 0.4) is 0 Å². The molecule has 0 radical (unpaired) electrons. The summed E-state index contributed by atoms with van der Waals surface area (Å²) in [5, 5.41) is 3.15. The minimum atomic E-state index is -0.235. The highest BCUT2D eigenvalue weighted by Gasteiger charge is 2.18. The average Bonchev–Trinajstić information content (AvgIpc) is 2.36. The van der Waals surface area contributed by atoms with E-state index in [1.807, 2.05) is 13.8 Å². The number of aryl methyl sites for hydroxylation is 1. The van der Waals surface area contributed by atoms with E-state index in [-0.39, 0.29) is 12.0 Å². The molecule has 1 aromatic carbocycles. The van der Waals surface area contributed by atoms with Crippen molar-refractivity contribution in [3.63, 3.8) is 0 Å². The van der Waals surface area contributed by atoms with Gasteiger partial charge in [0.1, 0.15) is 6.04 Å². The molecule has 0 spiro atoms. The summed E-state index contributed by atoms with van der Waals surface area (Å²) in [4.78, 5) is 12.9. The molecule has 0 saturated heterocycles. The van der Waals surface area contributed by atoms with Gasteiger partial charge in [-0.25, -0.2) is 0 Å². The Morgan fingerprint density at radius 3 is 2.56 bits per heavy atom. The number of carbonyl (C=O) groups excluding carboxylic acids is 1. The lowest BCUT2D eigenvalue weighted by Crippen LogP contribution is -2.40. The van der Waals surface area contributed by atoms with E-state index in [0.717, 1.165) is 6.54 Å². The molecule has 1 N–H and O–H groups in total. The summed E-state index contributed by atoms with van der Waals surface area (Å²) in [6.07, 6.45) is 0. The van der Waals surface area contributed by atoms with Crippen molar-refractivity contribution in [2.24, 2.45) is 0 Å². The fourth-order valence-corrected chi connectivity index (χ4v) is 2.46. The van der Waals surface area contributed by atoms with Crippen molar-refractivity contribution in [2.45, 2.75) is 31.7 Å². The van der Waals surface area contributed by atoms with Gasteiger partial charge in [0.25, 0.3) is 0 Å². The summed E-state index contributed by atoms with van der Waals surface area (Å²) in [5.41, 5.74) is 1.24. The third-order valence-corrected chi connectivity index (χ3v) is 3.56. The third kappa shape index (κ3) is 5.10. The Balaban J connectivity index is 2.51. The summed E-state index contributed by atoms with van der Waals surface area (Å²) < 4.78 is 5.05. The van der Waals surface area contributed by atoms with Crippen LogP contribution in [-0.2, 0) is 9.53 Å². The molecule has 0 fully saturated rings. The van der Waals surface area contributed by atoms with E-state index in [9.17, 15) is 4.79 Å². The van der Waals surface area contributed by atoms with E-state index in [2.05, 4.69) is 36.5 Å². The first-order valence-corrected chi connectivity index (χ1v) is 7.25. The number of ether oxygens (including phenoxy) is 1. The summed E-state index contributed by atoms with van der Waals surface area (Å²) >= 11 is 1.67. The van der Waals surface area contributed by atoms with Crippen LogP contribution in [0.25, 0.3) is 0 Å². The van der Waals surface area contributed by atoms with Gasteiger partial charge in [-0.1, -0.05) is 24.6 Å². The van der Waals surface area contributed by atoms with Crippen LogP contribution in [0.2, 0.25) is 0 Å². The largest absolute Gasteiger partial charge is 0.465 e. The van der Waals surface area contributed by atoms with Gasteiger partial charge in [0.2, 0.25) is 0 Å². The van der Waals surface area contributed by atoms with Crippen LogP contribution in [0.4, 0.5) is 0 Å². The van der Waals surface area contributed by atoms with E-state index >= 15 is 0 Å². The van der Waals surface area contributed by atoms with Gasteiger partial charge in [-0.2, -0.15) is 0 Å². The Hall–Kier alpha value is -1.00. The molecule has 0 aliphatic carbocycles. The molecule has 1 aromatic rings. The number of esters is 1. The van der Waals surface area contributed by atoms with E-state index in [0.29, 0.717) is 12.4 Å². The number of hydrogen-bond donors (Lipinski definition) is 1.